The molecule has 0 saturated carbocycles. The lowest BCUT2D eigenvalue weighted by Gasteiger charge is -2.17. The van der Waals surface area contributed by atoms with Crippen molar-refractivity contribution in [3.05, 3.63) is 70.3 Å². The molecular weight excluding hydrogens is 364 g/mol. The Labute approximate surface area is 162 Å². The van der Waals surface area contributed by atoms with Crippen LogP contribution in [0.1, 0.15) is 34.0 Å². The number of carbonyl (C=O) groups excluding carboxylic acids is 1. The summed E-state index contributed by atoms with van der Waals surface area (Å²) in [6.45, 7) is 4.33. The molecular formula is C21H19ClN2O3. The number of fused-ring (bicyclic) bond motifs is 1. The van der Waals surface area contributed by atoms with Gasteiger partial charge in [-0.2, -0.15) is 0 Å². The van der Waals surface area contributed by atoms with Crippen LogP contribution < -0.4 is 10.1 Å². The quantitative estimate of drug-likeness (QED) is 0.729. The Morgan fingerprint density at radius 3 is 2.78 bits per heavy atom. The van der Waals surface area contributed by atoms with Crippen LogP contribution in [0.2, 0.25) is 5.02 Å². The van der Waals surface area contributed by atoms with Crippen LogP contribution in [0, 0.1) is 6.92 Å². The third-order valence-electron chi connectivity index (χ3n) is 4.76. The van der Waals surface area contributed by atoms with Crippen molar-refractivity contribution in [1.29, 1.82) is 0 Å². The minimum atomic E-state index is -0.154. The Kier molecular flexibility index (Phi) is 4.62. The van der Waals surface area contributed by atoms with E-state index in [2.05, 4.69) is 10.3 Å². The first kappa shape index (κ1) is 17.6. The Hall–Kier alpha value is -2.79. The monoisotopic (exact) mass is 382 g/mol. The predicted octanol–water partition coefficient (Wildman–Crippen LogP) is 4.40. The van der Waals surface area contributed by atoms with Crippen molar-refractivity contribution in [1.82, 2.24) is 10.3 Å². The molecule has 1 amide bonds. The van der Waals surface area contributed by atoms with Crippen LogP contribution in [-0.2, 0) is 6.42 Å². The van der Waals surface area contributed by atoms with Gasteiger partial charge in [-0.1, -0.05) is 35.9 Å². The maximum absolute atomic E-state index is 12.4. The van der Waals surface area contributed by atoms with Gasteiger partial charge in [-0.15, -0.1) is 0 Å². The standard InChI is InChI=1S/C21H19ClN2O3/c1-12-9-23-21(25)17-8-16(13(2)19(22)20(17)27-12)7-14-3-5-15(6-4-14)18-10-26-11-24-18/h3-6,8,10-12H,7,9H2,1-2H3,(H,23,25)/t12-/m1/s1. The SMILES string of the molecule is Cc1c(Cc2ccc(-c3cocn3)cc2)cc2c(c1Cl)O[C@H](C)CNC2=O. The highest BCUT2D eigenvalue weighted by Crippen LogP contribution is 2.37. The fourth-order valence-electron chi connectivity index (χ4n) is 3.19. The second-order valence-electron chi connectivity index (χ2n) is 6.74. The van der Waals surface area contributed by atoms with Gasteiger partial charge in [0.15, 0.2) is 12.1 Å². The van der Waals surface area contributed by atoms with Crippen LogP contribution in [0.3, 0.4) is 0 Å². The zero-order valence-electron chi connectivity index (χ0n) is 15.1. The molecule has 5 nitrogen and oxygen atoms in total. The van der Waals surface area contributed by atoms with Crippen molar-refractivity contribution < 1.29 is 13.9 Å². The lowest BCUT2D eigenvalue weighted by Crippen LogP contribution is -2.29. The minimum Gasteiger partial charge on any atom is -0.486 e. The Balaban J connectivity index is 1.66. The lowest BCUT2D eigenvalue weighted by atomic mass is 9.96. The van der Waals surface area contributed by atoms with E-state index < -0.39 is 0 Å². The molecule has 0 radical (unpaired) electrons. The number of nitrogens with zero attached hydrogens (tertiary/aromatic N) is 1. The Morgan fingerprint density at radius 2 is 2.07 bits per heavy atom. The molecule has 0 fully saturated rings. The molecule has 1 aliphatic rings. The molecule has 138 valence electrons. The molecule has 1 aromatic heterocycles. The van der Waals surface area contributed by atoms with Crippen LogP contribution in [0.25, 0.3) is 11.3 Å². The van der Waals surface area contributed by atoms with E-state index in [0.717, 1.165) is 27.9 Å². The maximum Gasteiger partial charge on any atom is 0.255 e. The number of hydrogen-bond donors (Lipinski definition) is 1. The molecule has 0 unspecified atom stereocenters. The highest BCUT2D eigenvalue weighted by atomic mass is 35.5. The molecule has 2 aromatic carbocycles. The van der Waals surface area contributed by atoms with Gasteiger partial charge in [0.2, 0.25) is 0 Å². The van der Waals surface area contributed by atoms with Crippen molar-refractivity contribution in [3.8, 4) is 17.0 Å². The Bertz CT molecular complexity index is 982. The summed E-state index contributed by atoms with van der Waals surface area (Å²) in [6.07, 6.45) is 3.58. The second-order valence-corrected chi connectivity index (χ2v) is 7.12. The number of carbonyl (C=O) groups is 1. The summed E-state index contributed by atoms with van der Waals surface area (Å²) in [5.74, 6) is 0.320. The van der Waals surface area contributed by atoms with Gasteiger partial charge in [-0.05, 0) is 43.0 Å². The highest BCUT2D eigenvalue weighted by molar-refractivity contribution is 6.33. The van der Waals surface area contributed by atoms with Crippen LogP contribution in [0.4, 0.5) is 0 Å². The fourth-order valence-corrected chi connectivity index (χ4v) is 3.46. The number of amides is 1. The van der Waals surface area contributed by atoms with Gasteiger partial charge in [0.05, 0.1) is 17.1 Å². The average molecular weight is 383 g/mol. The lowest BCUT2D eigenvalue weighted by molar-refractivity contribution is 0.0952. The summed E-state index contributed by atoms with van der Waals surface area (Å²) in [6, 6.07) is 9.98. The molecule has 1 N–H and O–H groups in total. The van der Waals surface area contributed by atoms with Gasteiger partial charge in [-0.25, -0.2) is 4.98 Å². The third kappa shape index (κ3) is 3.43. The molecule has 0 saturated heterocycles. The van der Waals surface area contributed by atoms with Gasteiger partial charge < -0.3 is 14.5 Å². The van der Waals surface area contributed by atoms with E-state index >= 15 is 0 Å². The molecule has 1 aliphatic heterocycles. The molecule has 0 spiro atoms. The number of nitrogens with one attached hydrogen (secondary N) is 1. The van der Waals surface area contributed by atoms with Crippen molar-refractivity contribution >= 4 is 17.5 Å². The third-order valence-corrected chi connectivity index (χ3v) is 5.22. The summed E-state index contributed by atoms with van der Waals surface area (Å²) < 4.78 is 10.9. The zero-order valence-corrected chi connectivity index (χ0v) is 15.8. The van der Waals surface area contributed by atoms with E-state index in [1.807, 2.05) is 44.2 Å². The first-order valence-electron chi connectivity index (χ1n) is 8.77. The first-order valence-corrected chi connectivity index (χ1v) is 9.15. The number of halogens is 1. The molecule has 3 aromatic rings. The van der Waals surface area contributed by atoms with Crippen molar-refractivity contribution in [2.45, 2.75) is 26.4 Å². The summed E-state index contributed by atoms with van der Waals surface area (Å²) in [4.78, 5) is 16.6. The van der Waals surface area contributed by atoms with E-state index in [1.165, 1.54) is 6.39 Å². The highest BCUT2D eigenvalue weighted by Gasteiger charge is 2.25. The van der Waals surface area contributed by atoms with Crippen molar-refractivity contribution in [2.24, 2.45) is 0 Å². The summed E-state index contributed by atoms with van der Waals surface area (Å²) in [5.41, 5.74) is 5.33. The molecule has 0 bridgehead atoms. The van der Waals surface area contributed by atoms with E-state index in [9.17, 15) is 4.79 Å². The first-order chi connectivity index (χ1) is 13.0. The van der Waals surface area contributed by atoms with Gasteiger partial charge >= 0.3 is 0 Å². The summed E-state index contributed by atoms with van der Waals surface area (Å²) in [5, 5.41) is 3.38. The van der Waals surface area contributed by atoms with Gasteiger partial charge in [0.1, 0.15) is 18.1 Å². The normalized spacial score (nSPS) is 16.3. The van der Waals surface area contributed by atoms with Crippen LogP contribution in [-0.4, -0.2) is 23.5 Å². The minimum absolute atomic E-state index is 0.123. The summed E-state index contributed by atoms with van der Waals surface area (Å²) in [7, 11) is 0. The van der Waals surface area contributed by atoms with E-state index in [0.29, 0.717) is 29.3 Å². The molecule has 2 heterocycles. The van der Waals surface area contributed by atoms with Gasteiger partial charge in [-0.3, -0.25) is 4.79 Å². The molecule has 4 rings (SSSR count). The Morgan fingerprint density at radius 1 is 1.30 bits per heavy atom. The topological polar surface area (TPSA) is 64.4 Å². The van der Waals surface area contributed by atoms with E-state index in [-0.39, 0.29) is 12.0 Å². The molecule has 0 aliphatic carbocycles. The summed E-state index contributed by atoms with van der Waals surface area (Å²) >= 11 is 6.55. The van der Waals surface area contributed by atoms with E-state index in [4.69, 9.17) is 20.8 Å². The predicted molar refractivity (Wildman–Crippen MR) is 103 cm³/mol. The van der Waals surface area contributed by atoms with Crippen molar-refractivity contribution in [3.63, 3.8) is 0 Å². The number of oxazole rings is 1. The van der Waals surface area contributed by atoms with Crippen LogP contribution >= 0.6 is 11.6 Å². The van der Waals surface area contributed by atoms with Gasteiger partial charge in [0.25, 0.3) is 5.91 Å². The number of aromatic nitrogens is 1. The second kappa shape index (κ2) is 7.08. The molecule has 6 heteroatoms. The molecule has 27 heavy (non-hydrogen) atoms. The fraction of sp³-hybridized carbons (Fsp3) is 0.238. The molecule has 1 atom stereocenters. The van der Waals surface area contributed by atoms with Crippen LogP contribution in [0.15, 0.2) is 47.4 Å². The number of rotatable bonds is 3. The maximum atomic E-state index is 12.4. The largest absolute Gasteiger partial charge is 0.486 e. The number of hydrogen-bond acceptors (Lipinski definition) is 4. The average Bonchev–Trinajstić information content (AvgIpc) is 3.16. The van der Waals surface area contributed by atoms with E-state index in [1.54, 1.807) is 6.26 Å². The van der Waals surface area contributed by atoms with Crippen molar-refractivity contribution in [2.75, 3.05) is 6.54 Å². The smallest absolute Gasteiger partial charge is 0.255 e. The zero-order chi connectivity index (χ0) is 19.0. The van der Waals surface area contributed by atoms with Crippen LogP contribution in [0.5, 0.6) is 5.75 Å². The number of benzene rings is 2. The number of ether oxygens (including phenoxy) is 1. The van der Waals surface area contributed by atoms with Gasteiger partial charge in [0, 0.05) is 5.56 Å².